The number of carbonyl (C=O) groups excluding carboxylic acids is 1. The fraction of sp³-hybridized carbons (Fsp3) is 0.938. The number of carbonyl (C=O) groups is 1. The van der Waals surface area contributed by atoms with Crippen molar-refractivity contribution < 1.29 is 4.79 Å². The predicted molar refractivity (Wildman–Crippen MR) is 84.8 cm³/mol. The van der Waals surface area contributed by atoms with Crippen LogP contribution in [-0.2, 0) is 4.79 Å². The van der Waals surface area contributed by atoms with Gasteiger partial charge < -0.3 is 10.6 Å². The topological polar surface area (TPSA) is 44.4 Å². The van der Waals surface area contributed by atoms with Gasteiger partial charge in [-0.3, -0.25) is 9.69 Å². The number of nitrogens with one attached hydrogen (secondary N) is 2. The smallest absolute Gasteiger partial charge is 0.234 e. The van der Waals surface area contributed by atoms with Crippen molar-refractivity contribution in [3.8, 4) is 0 Å². The van der Waals surface area contributed by atoms with Crippen LogP contribution in [0.15, 0.2) is 0 Å². The first kappa shape index (κ1) is 17.4. The van der Waals surface area contributed by atoms with E-state index in [-0.39, 0.29) is 11.4 Å². The predicted octanol–water partition coefficient (Wildman–Crippen LogP) is 2.00. The van der Waals surface area contributed by atoms with E-state index >= 15 is 0 Å². The lowest BCUT2D eigenvalue weighted by Gasteiger charge is -2.36. The summed E-state index contributed by atoms with van der Waals surface area (Å²) in [6, 6.07) is 0.508. The average Bonchev–Trinajstić information content (AvgIpc) is 2.28. The van der Waals surface area contributed by atoms with E-state index in [1.807, 2.05) is 20.8 Å². The van der Waals surface area contributed by atoms with Gasteiger partial charge in [0.05, 0.1) is 6.54 Å². The monoisotopic (exact) mass is 283 g/mol. The molecule has 1 fully saturated rings. The van der Waals surface area contributed by atoms with Crippen LogP contribution in [0.5, 0.6) is 0 Å². The van der Waals surface area contributed by atoms with E-state index in [2.05, 4.69) is 29.4 Å². The first-order valence-corrected chi connectivity index (χ1v) is 8.03. The average molecular weight is 283 g/mol. The van der Waals surface area contributed by atoms with E-state index in [9.17, 15) is 4.79 Å². The number of hydrogen-bond donors (Lipinski definition) is 2. The fourth-order valence-corrected chi connectivity index (χ4v) is 2.68. The van der Waals surface area contributed by atoms with Gasteiger partial charge in [-0.2, -0.15) is 0 Å². The summed E-state index contributed by atoms with van der Waals surface area (Å²) in [6.07, 6.45) is 3.70. The van der Waals surface area contributed by atoms with Crippen molar-refractivity contribution in [3.05, 3.63) is 0 Å². The number of hydrogen-bond acceptors (Lipinski definition) is 3. The molecule has 1 unspecified atom stereocenters. The van der Waals surface area contributed by atoms with E-state index in [4.69, 9.17) is 0 Å². The largest absolute Gasteiger partial charge is 0.350 e. The molecule has 0 aromatic carbocycles. The lowest BCUT2D eigenvalue weighted by atomic mass is 10.0. The van der Waals surface area contributed by atoms with E-state index in [0.717, 1.165) is 19.6 Å². The van der Waals surface area contributed by atoms with Crippen molar-refractivity contribution in [1.82, 2.24) is 15.5 Å². The van der Waals surface area contributed by atoms with Gasteiger partial charge in [-0.15, -0.1) is 0 Å². The zero-order valence-corrected chi connectivity index (χ0v) is 14.0. The Hall–Kier alpha value is -0.610. The zero-order chi connectivity index (χ0) is 15.2. The summed E-state index contributed by atoms with van der Waals surface area (Å²) in [7, 11) is 0. The van der Waals surface area contributed by atoms with Crippen molar-refractivity contribution in [2.45, 2.75) is 65.5 Å². The minimum Gasteiger partial charge on any atom is -0.350 e. The molecule has 0 radical (unpaired) electrons. The summed E-state index contributed by atoms with van der Waals surface area (Å²) < 4.78 is 0. The van der Waals surface area contributed by atoms with Crippen LogP contribution in [-0.4, -0.2) is 48.6 Å². The van der Waals surface area contributed by atoms with Crippen LogP contribution >= 0.6 is 0 Å². The molecule has 118 valence electrons. The number of piperidine rings is 1. The van der Waals surface area contributed by atoms with Crippen LogP contribution in [0.2, 0.25) is 0 Å². The summed E-state index contributed by atoms with van der Waals surface area (Å²) in [5.41, 5.74) is -0.141. The zero-order valence-electron chi connectivity index (χ0n) is 14.0. The quantitative estimate of drug-likeness (QED) is 0.784. The summed E-state index contributed by atoms with van der Waals surface area (Å²) >= 11 is 0. The van der Waals surface area contributed by atoms with Crippen molar-refractivity contribution in [3.63, 3.8) is 0 Å². The number of likely N-dealkylation sites (tertiary alicyclic amines) is 1. The molecule has 4 nitrogen and oxygen atoms in total. The number of amides is 1. The lowest BCUT2D eigenvalue weighted by molar-refractivity contribution is -0.124. The third kappa shape index (κ3) is 7.25. The van der Waals surface area contributed by atoms with Crippen molar-refractivity contribution in [2.75, 3.05) is 26.2 Å². The second-order valence-electron chi connectivity index (χ2n) is 7.47. The lowest BCUT2D eigenvalue weighted by Crippen LogP contribution is -2.52. The molecule has 1 amide bonds. The molecule has 2 N–H and O–H groups in total. The molecule has 0 spiro atoms. The highest BCUT2D eigenvalue weighted by molar-refractivity contribution is 5.78. The SMILES string of the molecule is CC(C)CNCC1CCCCN1CC(=O)NC(C)(C)C. The minimum atomic E-state index is -0.141. The van der Waals surface area contributed by atoms with Gasteiger partial charge in [0.2, 0.25) is 5.91 Å². The summed E-state index contributed by atoms with van der Waals surface area (Å²) in [6.45, 7) is 14.2. The molecule has 4 heteroatoms. The highest BCUT2D eigenvalue weighted by atomic mass is 16.2. The van der Waals surface area contributed by atoms with Gasteiger partial charge in [-0.25, -0.2) is 0 Å². The van der Waals surface area contributed by atoms with Crippen LogP contribution in [0.25, 0.3) is 0 Å². The Morgan fingerprint density at radius 3 is 2.60 bits per heavy atom. The summed E-state index contributed by atoms with van der Waals surface area (Å²) in [5, 5.41) is 6.59. The third-order valence-electron chi connectivity index (χ3n) is 3.54. The molecule has 0 saturated carbocycles. The number of nitrogens with zero attached hydrogens (tertiary/aromatic N) is 1. The molecular formula is C16H33N3O. The first-order valence-electron chi connectivity index (χ1n) is 8.03. The summed E-state index contributed by atoms with van der Waals surface area (Å²) in [4.78, 5) is 14.4. The molecule has 1 aliphatic heterocycles. The maximum atomic E-state index is 12.1. The molecule has 0 aromatic rings. The molecule has 1 saturated heterocycles. The van der Waals surface area contributed by atoms with Crippen molar-refractivity contribution >= 4 is 5.91 Å². The highest BCUT2D eigenvalue weighted by Crippen LogP contribution is 2.16. The Bertz CT molecular complexity index is 297. The van der Waals surface area contributed by atoms with E-state index < -0.39 is 0 Å². The number of rotatable bonds is 6. The van der Waals surface area contributed by atoms with Gasteiger partial charge >= 0.3 is 0 Å². The highest BCUT2D eigenvalue weighted by Gasteiger charge is 2.25. The molecule has 1 atom stereocenters. The van der Waals surface area contributed by atoms with Crippen LogP contribution in [0, 0.1) is 5.92 Å². The van der Waals surface area contributed by atoms with Gasteiger partial charge in [-0.1, -0.05) is 20.3 Å². The van der Waals surface area contributed by atoms with Gasteiger partial charge in [0.1, 0.15) is 0 Å². The van der Waals surface area contributed by atoms with Crippen LogP contribution in [0.1, 0.15) is 53.9 Å². The molecule has 20 heavy (non-hydrogen) atoms. The van der Waals surface area contributed by atoms with Crippen molar-refractivity contribution in [2.24, 2.45) is 5.92 Å². The van der Waals surface area contributed by atoms with Gasteiger partial charge in [0.15, 0.2) is 0 Å². The van der Waals surface area contributed by atoms with Crippen LogP contribution in [0.4, 0.5) is 0 Å². The van der Waals surface area contributed by atoms with Crippen LogP contribution < -0.4 is 10.6 Å². The maximum absolute atomic E-state index is 12.1. The molecule has 1 heterocycles. The van der Waals surface area contributed by atoms with E-state index in [0.29, 0.717) is 18.5 Å². The molecule has 0 aromatic heterocycles. The van der Waals surface area contributed by atoms with E-state index in [1.54, 1.807) is 0 Å². The Morgan fingerprint density at radius 2 is 2.00 bits per heavy atom. The third-order valence-corrected chi connectivity index (χ3v) is 3.54. The normalized spacial score (nSPS) is 21.2. The molecular weight excluding hydrogens is 250 g/mol. The van der Waals surface area contributed by atoms with Gasteiger partial charge in [0.25, 0.3) is 0 Å². The Labute approximate surface area is 124 Å². The van der Waals surface area contributed by atoms with Gasteiger partial charge in [0, 0.05) is 18.1 Å². The Morgan fingerprint density at radius 1 is 1.30 bits per heavy atom. The Balaban J connectivity index is 2.41. The van der Waals surface area contributed by atoms with Gasteiger partial charge in [-0.05, 0) is 52.6 Å². The maximum Gasteiger partial charge on any atom is 0.234 e. The minimum absolute atomic E-state index is 0.141. The fourth-order valence-electron chi connectivity index (χ4n) is 2.68. The second kappa shape index (κ2) is 7.99. The molecule has 0 aliphatic carbocycles. The second-order valence-corrected chi connectivity index (χ2v) is 7.47. The van der Waals surface area contributed by atoms with Crippen LogP contribution in [0.3, 0.4) is 0 Å². The first-order chi connectivity index (χ1) is 9.28. The molecule has 1 rings (SSSR count). The van der Waals surface area contributed by atoms with E-state index in [1.165, 1.54) is 19.3 Å². The standard InChI is InChI=1S/C16H33N3O/c1-13(2)10-17-11-14-8-6-7-9-19(14)12-15(20)18-16(3,4)5/h13-14,17H,6-12H2,1-5H3,(H,18,20). The Kier molecular flexibility index (Phi) is 6.96. The molecule has 1 aliphatic rings. The summed E-state index contributed by atoms with van der Waals surface area (Å²) in [5.74, 6) is 0.824. The molecule has 0 bridgehead atoms. The van der Waals surface area contributed by atoms with Crippen molar-refractivity contribution in [1.29, 1.82) is 0 Å².